The Kier molecular flexibility index (Phi) is 3.16. The minimum atomic E-state index is -0.0546. The summed E-state index contributed by atoms with van der Waals surface area (Å²) in [5.74, 6) is 0.723. The Morgan fingerprint density at radius 3 is 2.79 bits per heavy atom. The summed E-state index contributed by atoms with van der Waals surface area (Å²) in [5, 5.41) is 4.41. The summed E-state index contributed by atoms with van der Waals surface area (Å²) < 4.78 is 1.60. The molecule has 0 saturated carbocycles. The molecule has 5 nitrogen and oxygen atoms in total. The van der Waals surface area contributed by atoms with E-state index in [-0.39, 0.29) is 5.56 Å². The first-order valence-corrected chi connectivity index (χ1v) is 6.66. The predicted molar refractivity (Wildman–Crippen MR) is 77.1 cm³/mol. The maximum atomic E-state index is 12.4. The molecular formula is C13H15ClN4O. The largest absolute Gasteiger partial charge is 0.340 e. The van der Waals surface area contributed by atoms with E-state index in [1.54, 1.807) is 29.8 Å². The molecule has 2 heterocycles. The van der Waals surface area contributed by atoms with Gasteiger partial charge < -0.3 is 10.2 Å². The summed E-state index contributed by atoms with van der Waals surface area (Å²) in [6, 6.07) is 5.23. The second kappa shape index (κ2) is 4.83. The molecule has 0 radical (unpaired) electrons. The van der Waals surface area contributed by atoms with Crippen molar-refractivity contribution < 1.29 is 0 Å². The standard InChI is InChI=1S/C13H15ClN4O/c1-17-12(19)10-8-9(14)2-3-11(10)16-13(17)18-6-4-15-5-7-18/h2-3,8,15H,4-7H2,1H3. The highest BCUT2D eigenvalue weighted by molar-refractivity contribution is 6.31. The van der Waals surface area contributed by atoms with Gasteiger partial charge in [-0.2, -0.15) is 0 Å². The highest BCUT2D eigenvalue weighted by Crippen LogP contribution is 2.18. The summed E-state index contributed by atoms with van der Waals surface area (Å²) in [6.07, 6.45) is 0. The number of hydrogen-bond acceptors (Lipinski definition) is 4. The first kappa shape index (κ1) is 12.4. The van der Waals surface area contributed by atoms with Gasteiger partial charge in [0.1, 0.15) is 0 Å². The monoisotopic (exact) mass is 278 g/mol. The summed E-state index contributed by atoms with van der Waals surface area (Å²) in [5.41, 5.74) is 0.641. The molecule has 19 heavy (non-hydrogen) atoms. The van der Waals surface area contributed by atoms with E-state index < -0.39 is 0 Å². The third-order valence-corrected chi connectivity index (χ3v) is 3.65. The average Bonchev–Trinajstić information content (AvgIpc) is 2.44. The van der Waals surface area contributed by atoms with Gasteiger partial charge in [-0.25, -0.2) is 4.98 Å². The molecule has 1 saturated heterocycles. The molecule has 1 aromatic heterocycles. The maximum absolute atomic E-state index is 12.4. The van der Waals surface area contributed by atoms with Crippen LogP contribution in [0.5, 0.6) is 0 Å². The molecule has 3 rings (SSSR count). The van der Waals surface area contributed by atoms with E-state index >= 15 is 0 Å². The van der Waals surface area contributed by atoms with E-state index in [1.165, 1.54) is 0 Å². The van der Waals surface area contributed by atoms with Gasteiger partial charge in [-0.1, -0.05) is 11.6 Å². The zero-order valence-electron chi connectivity index (χ0n) is 10.7. The Labute approximate surface area is 115 Å². The van der Waals surface area contributed by atoms with Crippen molar-refractivity contribution in [2.24, 2.45) is 7.05 Å². The molecule has 0 bridgehead atoms. The van der Waals surface area contributed by atoms with Crippen molar-refractivity contribution in [3.8, 4) is 0 Å². The summed E-state index contributed by atoms with van der Waals surface area (Å²) >= 11 is 5.94. The van der Waals surface area contributed by atoms with Crippen molar-refractivity contribution in [1.82, 2.24) is 14.9 Å². The Balaban J connectivity index is 2.18. The van der Waals surface area contributed by atoms with Crippen molar-refractivity contribution >= 4 is 28.5 Å². The van der Waals surface area contributed by atoms with Crippen molar-refractivity contribution in [2.45, 2.75) is 0 Å². The molecule has 0 unspecified atom stereocenters. The van der Waals surface area contributed by atoms with Crippen LogP contribution in [0.25, 0.3) is 10.9 Å². The van der Waals surface area contributed by atoms with E-state index in [0.29, 0.717) is 15.9 Å². The van der Waals surface area contributed by atoms with Crippen molar-refractivity contribution in [2.75, 3.05) is 31.1 Å². The minimum absolute atomic E-state index is 0.0546. The molecule has 100 valence electrons. The first-order valence-electron chi connectivity index (χ1n) is 6.29. The fraction of sp³-hybridized carbons (Fsp3) is 0.385. The molecule has 1 N–H and O–H groups in total. The lowest BCUT2D eigenvalue weighted by atomic mass is 10.2. The van der Waals surface area contributed by atoms with Crippen LogP contribution in [-0.2, 0) is 7.05 Å². The van der Waals surface area contributed by atoms with Gasteiger partial charge in [0.15, 0.2) is 0 Å². The number of benzene rings is 1. The lowest BCUT2D eigenvalue weighted by Crippen LogP contribution is -2.45. The lowest BCUT2D eigenvalue weighted by Gasteiger charge is -2.29. The van der Waals surface area contributed by atoms with Crippen LogP contribution in [0.4, 0.5) is 5.95 Å². The Hall–Kier alpha value is -1.59. The molecule has 1 aliphatic rings. The van der Waals surface area contributed by atoms with Crippen LogP contribution < -0.4 is 15.8 Å². The van der Waals surface area contributed by atoms with Crippen LogP contribution in [0, 0.1) is 0 Å². The molecule has 1 aliphatic heterocycles. The number of halogens is 1. The van der Waals surface area contributed by atoms with E-state index in [2.05, 4.69) is 15.2 Å². The third kappa shape index (κ3) is 2.19. The van der Waals surface area contributed by atoms with Gasteiger partial charge in [-0.3, -0.25) is 9.36 Å². The summed E-state index contributed by atoms with van der Waals surface area (Å²) in [7, 11) is 1.76. The van der Waals surface area contributed by atoms with Gasteiger partial charge in [0.25, 0.3) is 5.56 Å². The fourth-order valence-electron chi connectivity index (χ4n) is 2.38. The smallest absolute Gasteiger partial charge is 0.262 e. The van der Waals surface area contributed by atoms with Crippen LogP contribution in [-0.4, -0.2) is 35.7 Å². The second-order valence-electron chi connectivity index (χ2n) is 4.67. The number of hydrogen-bond donors (Lipinski definition) is 1. The number of fused-ring (bicyclic) bond motifs is 1. The van der Waals surface area contributed by atoms with Crippen LogP contribution >= 0.6 is 11.6 Å². The SMILES string of the molecule is Cn1c(N2CCNCC2)nc2ccc(Cl)cc2c1=O. The fourth-order valence-corrected chi connectivity index (χ4v) is 2.55. The molecular weight excluding hydrogens is 264 g/mol. The maximum Gasteiger partial charge on any atom is 0.262 e. The van der Waals surface area contributed by atoms with Crippen molar-refractivity contribution in [3.05, 3.63) is 33.6 Å². The molecule has 1 fully saturated rings. The predicted octanol–water partition coefficient (Wildman–Crippen LogP) is 0.996. The topological polar surface area (TPSA) is 50.2 Å². The Morgan fingerprint density at radius 1 is 1.32 bits per heavy atom. The highest BCUT2D eigenvalue weighted by atomic mass is 35.5. The first-order chi connectivity index (χ1) is 9.16. The van der Waals surface area contributed by atoms with Crippen molar-refractivity contribution in [1.29, 1.82) is 0 Å². The lowest BCUT2D eigenvalue weighted by molar-refractivity contribution is 0.570. The Morgan fingerprint density at radius 2 is 2.05 bits per heavy atom. The summed E-state index contributed by atoms with van der Waals surface area (Å²) in [4.78, 5) is 19.1. The van der Waals surface area contributed by atoms with E-state index in [9.17, 15) is 4.79 Å². The number of nitrogens with zero attached hydrogens (tertiary/aromatic N) is 3. The zero-order chi connectivity index (χ0) is 13.4. The van der Waals surface area contributed by atoms with Crippen LogP contribution in [0.15, 0.2) is 23.0 Å². The molecule has 0 amide bonds. The van der Waals surface area contributed by atoms with Gasteiger partial charge in [-0.05, 0) is 18.2 Å². The van der Waals surface area contributed by atoms with Gasteiger partial charge in [0, 0.05) is 38.2 Å². The number of rotatable bonds is 1. The normalized spacial score (nSPS) is 16.0. The number of nitrogens with one attached hydrogen (secondary N) is 1. The van der Waals surface area contributed by atoms with Gasteiger partial charge in [-0.15, -0.1) is 0 Å². The molecule has 1 aromatic carbocycles. The van der Waals surface area contributed by atoms with E-state index in [1.807, 2.05) is 0 Å². The van der Waals surface area contributed by atoms with E-state index in [0.717, 1.165) is 32.1 Å². The molecule has 2 aromatic rings. The Bertz CT molecular complexity index is 676. The molecule has 0 atom stereocenters. The minimum Gasteiger partial charge on any atom is -0.340 e. The molecule has 0 spiro atoms. The number of aromatic nitrogens is 2. The summed E-state index contributed by atoms with van der Waals surface area (Å²) in [6.45, 7) is 3.54. The van der Waals surface area contributed by atoms with Gasteiger partial charge in [0.05, 0.1) is 10.9 Å². The van der Waals surface area contributed by atoms with Crippen molar-refractivity contribution in [3.63, 3.8) is 0 Å². The van der Waals surface area contributed by atoms with Crippen LogP contribution in [0.2, 0.25) is 5.02 Å². The quantitative estimate of drug-likeness (QED) is 0.845. The third-order valence-electron chi connectivity index (χ3n) is 3.41. The zero-order valence-corrected chi connectivity index (χ0v) is 11.4. The number of piperazine rings is 1. The average molecular weight is 279 g/mol. The highest BCUT2D eigenvalue weighted by Gasteiger charge is 2.16. The van der Waals surface area contributed by atoms with Gasteiger partial charge >= 0.3 is 0 Å². The second-order valence-corrected chi connectivity index (χ2v) is 5.11. The molecule has 0 aliphatic carbocycles. The van der Waals surface area contributed by atoms with Crippen LogP contribution in [0.1, 0.15) is 0 Å². The van der Waals surface area contributed by atoms with E-state index in [4.69, 9.17) is 11.6 Å². The number of anilines is 1. The van der Waals surface area contributed by atoms with Gasteiger partial charge in [0.2, 0.25) is 5.95 Å². The van der Waals surface area contributed by atoms with Crippen LogP contribution in [0.3, 0.4) is 0 Å². The molecule has 6 heteroatoms.